The summed E-state index contributed by atoms with van der Waals surface area (Å²) >= 11 is 3.07. The molecule has 16 heavy (non-hydrogen) atoms. The normalized spacial score (nSPS) is 18.3. The first-order chi connectivity index (χ1) is 7.35. The van der Waals surface area contributed by atoms with E-state index in [9.17, 15) is 18.0 Å². The molecule has 94 valence electrons. The van der Waals surface area contributed by atoms with E-state index < -0.39 is 12.7 Å². The van der Waals surface area contributed by atoms with Crippen LogP contribution in [0, 0.1) is 11.8 Å². The zero-order valence-electron chi connectivity index (χ0n) is 9.06. The molecule has 0 aromatic carbocycles. The van der Waals surface area contributed by atoms with Gasteiger partial charge in [0, 0.05) is 17.8 Å². The van der Waals surface area contributed by atoms with Gasteiger partial charge < -0.3 is 4.90 Å². The molecule has 1 saturated carbocycles. The molecule has 1 rings (SSSR count). The van der Waals surface area contributed by atoms with E-state index in [-0.39, 0.29) is 18.4 Å². The molecule has 1 aliphatic rings. The van der Waals surface area contributed by atoms with Crippen LogP contribution in [0.15, 0.2) is 0 Å². The summed E-state index contributed by atoms with van der Waals surface area (Å²) in [6.45, 7) is 0.682. The zero-order valence-corrected chi connectivity index (χ0v) is 10.6. The maximum absolute atomic E-state index is 12.3. The molecule has 0 spiro atoms. The van der Waals surface area contributed by atoms with E-state index in [2.05, 4.69) is 15.9 Å². The van der Waals surface area contributed by atoms with Gasteiger partial charge in [-0.2, -0.15) is 13.2 Å². The largest absolute Gasteiger partial charge is 0.406 e. The quantitative estimate of drug-likeness (QED) is 0.715. The molecule has 1 atom stereocenters. The van der Waals surface area contributed by atoms with Crippen LogP contribution < -0.4 is 0 Å². The third kappa shape index (κ3) is 4.31. The summed E-state index contributed by atoms with van der Waals surface area (Å²) in [4.78, 5) is 12.7. The van der Waals surface area contributed by atoms with E-state index in [1.165, 1.54) is 0 Å². The van der Waals surface area contributed by atoms with Gasteiger partial charge in [0.2, 0.25) is 5.91 Å². The highest BCUT2D eigenvalue weighted by Gasteiger charge is 2.38. The Bertz CT molecular complexity index is 253. The summed E-state index contributed by atoms with van der Waals surface area (Å²) in [5, 5.41) is 0.367. The molecule has 0 heterocycles. The van der Waals surface area contributed by atoms with Gasteiger partial charge >= 0.3 is 6.18 Å². The lowest BCUT2D eigenvalue weighted by Crippen LogP contribution is -2.43. The third-order valence-corrected chi connectivity index (χ3v) is 3.11. The standard InChI is InChI=1S/C10H15BrF3NO/c1-7(8-2-3-8)9(16)15(5-4-11)6-10(12,13)14/h7-8H,2-6H2,1H3. The number of rotatable bonds is 5. The molecule has 0 aromatic rings. The maximum atomic E-state index is 12.3. The molecule has 1 amide bonds. The van der Waals surface area contributed by atoms with Crippen LogP contribution in [0.2, 0.25) is 0 Å². The first-order valence-corrected chi connectivity index (χ1v) is 6.39. The molecule has 0 aromatic heterocycles. The number of carbonyl (C=O) groups is 1. The van der Waals surface area contributed by atoms with Gasteiger partial charge in [0.15, 0.2) is 0 Å². The number of nitrogens with zero attached hydrogens (tertiary/aromatic N) is 1. The highest BCUT2D eigenvalue weighted by Crippen LogP contribution is 2.37. The average Bonchev–Trinajstić information content (AvgIpc) is 2.96. The van der Waals surface area contributed by atoms with E-state index >= 15 is 0 Å². The Morgan fingerprint density at radius 1 is 1.50 bits per heavy atom. The minimum atomic E-state index is -4.32. The topological polar surface area (TPSA) is 20.3 Å². The predicted octanol–water partition coefficient (Wildman–Crippen LogP) is 2.82. The van der Waals surface area contributed by atoms with Gasteiger partial charge in [-0.3, -0.25) is 4.79 Å². The summed E-state index contributed by atoms with van der Waals surface area (Å²) < 4.78 is 36.8. The number of hydrogen-bond donors (Lipinski definition) is 0. The van der Waals surface area contributed by atoms with Gasteiger partial charge in [-0.1, -0.05) is 22.9 Å². The van der Waals surface area contributed by atoms with Gasteiger partial charge in [0.1, 0.15) is 6.54 Å². The Kier molecular flexibility index (Phi) is 4.64. The summed E-state index contributed by atoms with van der Waals surface area (Å²) in [6.07, 6.45) is -2.40. The molecule has 0 saturated heterocycles. The van der Waals surface area contributed by atoms with Crippen molar-refractivity contribution in [2.45, 2.75) is 25.9 Å². The van der Waals surface area contributed by atoms with E-state index in [4.69, 9.17) is 0 Å². The number of hydrogen-bond acceptors (Lipinski definition) is 1. The minimum Gasteiger partial charge on any atom is -0.333 e. The second-order valence-corrected chi connectivity index (χ2v) is 4.98. The van der Waals surface area contributed by atoms with E-state index in [1.54, 1.807) is 6.92 Å². The van der Waals surface area contributed by atoms with Crippen molar-refractivity contribution < 1.29 is 18.0 Å². The van der Waals surface area contributed by atoms with Crippen LogP contribution in [0.5, 0.6) is 0 Å². The van der Waals surface area contributed by atoms with Gasteiger partial charge in [0.05, 0.1) is 0 Å². The van der Waals surface area contributed by atoms with Crippen molar-refractivity contribution >= 4 is 21.8 Å². The van der Waals surface area contributed by atoms with Crippen molar-refractivity contribution in [3.63, 3.8) is 0 Å². The van der Waals surface area contributed by atoms with Crippen LogP contribution in [-0.4, -0.2) is 35.4 Å². The average molecular weight is 302 g/mol. The van der Waals surface area contributed by atoms with Crippen molar-refractivity contribution in [1.82, 2.24) is 4.90 Å². The molecule has 0 radical (unpaired) electrons. The lowest BCUT2D eigenvalue weighted by Gasteiger charge is -2.26. The molecule has 0 bridgehead atoms. The molecular weight excluding hydrogens is 287 g/mol. The molecule has 6 heteroatoms. The molecule has 1 aliphatic carbocycles. The Hall–Kier alpha value is -0.260. The maximum Gasteiger partial charge on any atom is 0.406 e. The lowest BCUT2D eigenvalue weighted by molar-refractivity contribution is -0.163. The number of halogens is 4. The monoisotopic (exact) mass is 301 g/mol. The van der Waals surface area contributed by atoms with Crippen molar-refractivity contribution in [3.05, 3.63) is 0 Å². The zero-order chi connectivity index (χ0) is 12.3. The third-order valence-electron chi connectivity index (χ3n) is 2.75. The summed E-state index contributed by atoms with van der Waals surface area (Å²) in [7, 11) is 0. The van der Waals surface area contributed by atoms with Gasteiger partial charge in [-0.25, -0.2) is 0 Å². The fraction of sp³-hybridized carbons (Fsp3) is 0.900. The molecule has 0 N–H and O–H groups in total. The van der Waals surface area contributed by atoms with Crippen molar-refractivity contribution in [3.8, 4) is 0 Å². The summed E-state index contributed by atoms with van der Waals surface area (Å²) in [6, 6.07) is 0. The molecule has 1 fully saturated rings. The number of amides is 1. The van der Waals surface area contributed by atoms with Crippen molar-refractivity contribution in [1.29, 1.82) is 0 Å². The van der Waals surface area contributed by atoms with Crippen LogP contribution in [0.4, 0.5) is 13.2 Å². The first kappa shape index (κ1) is 13.8. The molecule has 1 unspecified atom stereocenters. The first-order valence-electron chi connectivity index (χ1n) is 5.26. The Balaban J connectivity index is 2.57. The Labute approximate surface area is 101 Å². The van der Waals surface area contributed by atoms with Crippen LogP contribution in [0.3, 0.4) is 0 Å². The summed E-state index contributed by atoms with van der Waals surface area (Å²) in [5.74, 6) is -0.362. The number of alkyl halides is 4. The molecule has 2 nitrogen and oxygen atoms in total. The van der Waals surface area contributed by atoms with Gasteiger partial charge in [0.25, 0.3) is 0 Å². The number of carbonyl (C=O) groups excluding carboxylic acids is 1. The fourth-order valence-electron chi connectivity index (χ4n) is 1.67. The van der Waals surface area contributed by atoms with Crippen molar-refractivity contribution in [2.24, 2.45) is 11.8 Å². The van der Waals surface area contributed by atoms with Crippen LogP contribution in [0.1, 0.15) is 19.8 Å². The highest BCUT2D eigenvalue weighted by molar-refractivity contribution is 9.09. The molecular formula is C10H15BrF3NO. The van der Waals surface area contributed by atoms with E-state index in [0.29, 0.717) is 11.2 Å². The van der Waals surface area contributed by atoms with Gasteiger partial charge in [-0.05, 0) is 18.8 Å². The van der Waals surface area contributed by atoms with Crippen LogP contribution >= 0.6 is 15.9 Å². The Morgan fingerprint density at radius 3 is 2.44 bits per heavy atom. The van der Waals surface area contributed by atoms with Crippen LogP contribution in [-0.2, 0) is 4.79 Å². The highest BCUT2D eigenvalue weighted by atomic mass is 79.9. The Morgan fingerprint density at radius 2 is 2.06 bits per heavy atom. The summed E-state index contributed by atoms with van der Waals surface area (Å²) in [5.41, 5.74) is 0. The second kappa shape index (κ2) is 5.38. The van der Waals surface area contributed by atoms with Crippen molar-refractivity contribution in [2.75, 3.05) is 18.4 Å². The lowest BCUT2D eigenvalue weighted by atomic mass is 10.1. The van der Waals surface area contributed by atoms with Gasteiger partial charge in [-0.15, -0.1) is 0 Å². The smallest absolute Gasteiger partial charge is 0.333 e. The minimum absolute atomic E-state index is 0.107. The fourth-order valence-corrected chi connectivity index (χ4v) is 2.10. The second-order valence-electron chi connectivity index (χ2n) is 4.19. The SMILES string of the molecule is CC(C(=O)N(CCBr)CC(F)(F)F)C1CC1. The molecule has 0 aliphatic heterocycles. The predicted molar refractivity (Wildman–Crippen MR) is 58.3 cm³/mol. The van der Waals surface area contributed by atoms with E-state index in [1.807, 2.05) is 0 Å². The van der Waals surface area contributed by atoms with Crippen LogP contribution in [0.25, 0.3) is 0 Å². The van der Waals surface area contributed by atoms with E-state index in [0.717, 1.165) is 17.7 Å².